The van der Waals surface area contributed by atoms with Crippen molar-refractivity contribution in [3.63, 3.8) is 0 Å². The van der Waals surface area contributed by atoms with Gasteiger partial charge in [-0.1, -0.05) is 6.07 Å². The van der Waals surface area contributed by atoms with Crippen LogP contribution in [-0.4, -0.2) is 66.5 Å². The van der Waals surface area contributed by atoms with E-state index in [2.05, 4.69) is 4.98 Å². The predicted octanol–water partition coefficient (Wildman–Crippen LogP) is 1.79. The highest BCUT2D eigenvalue weighted by Crippen LogP contribution is 2.45. The monoisotopic (exact) mass is 339 g/mol. The molecule has 2 aliphatic rings. The van der Waals surface area contributed by atoms with Crippen molar-refractivity contribution in [2.75, 3.05) is 39.9 Å². The molecule has 1 aromatic rings. The lowest BCUT2D eigenvalue weighted by atomic mass is 9.77. The van der Waals surface area contributed by atoms with Crippen LogP contribution < -0.4 is 0 Å². The lowest BCUT2D eigenvalue weighted by Crippen LogP contribution is -2.55. The number of carbonyl (C=O) groups excluding carboxylic acids is 1. The quantitative estimate of drug-likeness (QED) is 0.820. The molecular weight excluding hydrogens is 316 g/mol. The highest BCUT2D eigenvalue weighted by molar-refractivity contribution is 5.85. The number of hydrogen-bond acceptors (Lipinski definition) is 4. The lowest BCUT2D eigenvalue weighted by molar-refractivity contribution is -0.155. The molecular formula is C17H23F2N3O2. The summed E-state index contributed by atoms with van der Waals surface area (Å²) in [4.78, 5) is 20.2. The molecule has 1 amide bonds. The summed E-state index contributed by atoms with van der Waals surface area (Å²) >= 11 is 0. The molecule has 1 atom stereocenters. The normalized spacial score (nSPS) is 27.1. The second-order valence-corrected chi connectivity index (χ2v) is 6.85. The summed E-state index contributed by atoms with van der Waals surface area (Å²) in [7, 11) is 1.57. The number of nitrogens with zero attached hydrogens (tertiary/aromatic N) is 3. The minimum absolute atomic E-state index is 0.157. The molecule has 24 heavy (non-hydrogen) atoms. The third kappa shape index (κ3) is 3.57. The predicted molar refractivity (Wildman–Crippen MR) is 84.6 cm³/mol. The molecule has 5 nitrogen and oxygen atoms in total. The number of rotatable bonds is 5. The summed E-state index contributed by atoms with van der Waals surface area (Å²) in [5.74, 6) is -3.01. The molecule has 0 saturated carbocycles. The fourth-order valence-electron chi connectivity index (χ4n) is 3.90. The van der Waals surface area contributed by atoms with Crippen molar-refractivity contribution in [3.8, 4) is 0 Å². The molecule has 0 unspecified atom stereocenters. The van der Waals surface area contributed by atoms with Crippen molar-refractivity contribution in [2.45, 2.75) is 25.3 Å². The van der Waals surface area contributed by atoms with Gasteiger partial charge in [-0.3, -0.25) is 14.7 Å². The van der Waals surface area contributed by atoms with Crippen LogP contribution in [0.15, 0.2) is 24.5 Å². The van der Waals surface area contributed by atoms with Crippen molar-refractivity contribution >= 4 is 5.91 Å². The topological polar surface area (TPSA) is 45.7 Å². The van der Waals surface area contributed by atoms with Gasteiger partial charge in [0.05, 0.1) is 18.6 Å². The maximum absolute atomic E-state index is 14.4. The summed E-state index contributed by atoms with van der Waals surface area (Å²) in [6, 6.07) is 3.66. The first-order valence-corrected chi connectivity index (χ1v) is 8.22. The molecule has 3 heterocycles. The van der Waals surface area contributed by atoms with Crippen LogP contribution in [0.1, 0.15) is 18.4 Å². The van der Waals surface area contributed by atoms with Crippen LogP contribution in [0.4, 0.5) is 8.78 Å². The lowest BCUT2D eigenvalue weighted by Gasteiger charge is -2.42. The van der Waals surface area contributed by atoms with Crippen LogP contribution in [0.3, 0.4) is 0 Å². The summed E-state index contributed by atoms with van der Waals surface area (Å²) in [5.41, 5.74) is -0.0930. The van der Waals surface area contributed by atoms with E-state index in [1.165, 1.54) is 0 Å². The van der Waals surface area contributed by atoms with Gasteiger partial charge in [0.1, 0.15) is 0 Å². The van der Waals surface area contributed by atoms with Crippen molar-refractivity contribution in [1.29, 1.82) is 0 Å². The number of methoxy groups -OCH3 is 1. The van der Waals surface area contributed by atoms with Gasteiger partial charge in [0.25, 0.3) is 5.92 Å². The number of likely N-dealkylation sites (tertiary alicyclic amines) is 2. The first kappa shape index (κ1) is 17.2. The van der Waals surface area contributed by atoms with E-state index in [0.717, 1.165) is 5.56 Å². The molecule has 0 radical (unpaired) electrons. The number of ether oxygens (including phenoxy) is 1. The first-order chi connectivity index (χ1) is 11.4. The standard InChI is InChI=1S/C17H23F2N3O2/c1-24-8-7-22-6-4-16(15(22)23)11-17(18,19)13-21(12-16)10-14-3-2-5-20-9-14/h2-3,5,9H,4,6-8,10-13H2,1H3/t16-/m1/s1. The zero-order chi connectivity index (χ0) is 17.2. The smallest absolute Gasteiger partial charge is 0.261 e. The fraction of sp³-hybridized carbons (Fsp3) is 0.647. The molecule has 0 aromatic carbocycles. The van der Waals surface area contributed by atoms with E-state index in [4.69, 9.17) is 4.74 Å². The van der Waals surface area contributed by atoms with Crippen LogP contribution >= 0.6 is 0 Å². The minimum atomic E-state index is -2.85. The Morgan fingerprint density at radius 3 is 2.92 bits per heavy atom. The van der Waals surface area contributed by atoms with E-state index in [1.807, 2.05) is 6.07 Å². The SMILES string of the molecule is COCCN1CC[C@@]2(CN(Cc3cccnc3)CC(F)(F)C2)C1=O. The number of amides is 1. The Balaban J connectivity index is 1.75. The van der Waals surface area contributed by atoms with Gasteiger partial charge in [0.2, 0.25) is 5.91 Å². The van der Waals surface area contributed by atoms with Gasteiger partial charge in [0, 0.05) is 52.1 Å². The largest absolute Gasteiger partial charge is 0.383 e. The van der Waals surface area contributed by atoms with E-state index in [9.17, 15) is 13.6 Å². The molecule has 7 heteroatoms. The van der Waals surface area contributed by atoms with E-state index in [1.54, 1.807) is 35.4 Å². The molecule has 2 saturated heterocycles. The van der Waals surface area contributed by atoms with Crippen molar-refractivity contribution < 1.29 is 18.3 Å². The number of piperidine rings is 1. The number of aromatic nitrogens is 1. The Hall–Kier alpha value is -1.60. The van der Waals surface area contributed by atoms with E-state index in [0.29, 0.717) is 39.2 Å². The molecule has 0 N–H and O–H groups in total. The molecule has 2 fully saturated rings. The fourth-order valence-corrected chi connectivity index (χ4v) is 3.90. The van der Waals surface area contributed by atoms with Crippen LogP contribution in [0.5, 0.6) is 0 Å². The Morgan fingerprint density at radius 2 is 2.21 bits per heavy atom. The number of carbonyl (C=O) groups is 1. The zero-order valence-electron chi connectivity index (χ0n) is 13.9. The summed E-state index contributed by atoms with van der Waals surface area (Å²) in [5, 5.41) is 0. The molecule has 132 valence electrons. The average molecular weight is 339 g/mol. The number of halogens is 2. The van der Waals surface area contributed by atoms with E-state index < -0.39 is 11.3 Å². The molecule has 0 bridgehead atoms. The summed E-state index contributed by atoms with van der Waals surface area (Å²) in [6.45, 7) is 1.87. The van der Waals surface area contributed by atoms with E-state index >= 15 is 0 Å². The van der Waals surface area contributed by atoms with E-state index in [-0.39, 0.29) is 18.9 Å². The zero-order valence-corrected chi connectivity index (χ0v) is 13.9. The second kappa shape index (κ2) is 6.72. The maximum atomic E-state index is 14.4. The molecule has 0 aliphatic carbocycles. The number of pyridine rings is 1. The first-order valence-electron chi connectivity index (χ1n) is 8.22. The molecule has 1 aromatic heterocycles. The van der Waals surface area contributed by atoms with Gasteiger partial charge >= 0.3 is 0 Å². The number of hydrogen-bond donors (Lipinski definition) is 0. The summed E-state index contributed by atoms with van der Waals surface area (Å²) < 4.78 is 33.7. The van der Waals surface area contributed by atoms with Crippen LogP contribution in [0.25, 0.3) is 0 Å². The minimum Gasteiger partial charge on any atom is -0.383 e. The third-order valence-electron chi connectivity index (χ3n) is 4.87. The summed E-state index contributed by atoms with van der Waals surface area (Å²) in [6.07, 6.45) is 3.46. The van der Waals surface area contributed by atoms with Crippen molar-refractivity contribution in [3.05, 3.63) is 30.1 Å². The van der Waals surface area contributed by atoms with Gasteiger partial charge in [-0.2, -0.15) is 0 Å². The Labute approximate surface area is 140 Å². The Morgan fingerprint density at radius 1 is 1.38 bits per heavy atom. The molecule has 1 spiro atoms. The highest BCUT2D eigenvalue weighted by atomic mass is 19.3. The Kier molecular flexibility index (Phi) is 4.83. The van der Waals surface area contributed by atoms with Crippen LogP contribution in [0.2, 0.25) is 0 Å². The van der Waals surface area contributed by atoms with Gasteiger partial charge in [-0.05, 0) is 18.1 Å². The maximum Gasteiger partial charge on any atom is 0.261 e. The average Bonchev–Trinajstić information content (AvgIpc) is 2.80. The van der Waals surface area contributed by atoms with Crippen LogP contribution in [-0.2, 0) is 16.1 Å². The molecule has 2 aliphatic heterocycles. The Bertz CT molecular complexity index is 584. The van der Waals surface area contributed by atoms with Gasteiger partial charge in [-0.15, -0.1) is 0 Å². The highest BCUT2D eigenvalue weighted by Gasteiger charge is 2.56. The van der Waals surface area contributed by atoms with Crippen molar-refractivity contribution in [2.24, 2.45) is 5.41 Å². The van der Waals surface area contributed by atoms with Crippen LogP contribution in [0, 0.1) is 5.41 Å². The van der Waals surface area contributed by atoms with Gasteiger partial charge in [-0.25, -0.2) is 8.78 Å². The third-order valence-corrected chi connectivity index (χ3v) is 4.87. The second-order valence-electron chi connectivity index (χ2n) is 6.85. The van der Waals surface area contributed by atoms with Crippen molar-refractivity contribution in [1.82, 2.24) is 14.8 Å². The number of alkyl halides is 2. The molecule has 3 rings (SSSR count). The van der Waals surface area contributed by atoms with Gasteiger partial charge in [0.15, 0.2) is 0 Å². The van der Waals surface area contributed by atoms with Gasteiger partial charge < -0.3 is 9.64 Å².